The molecule has 0 aliphatic rings. The molecule has 2 aromatic heterocycles. The van der Waals surface area contributed by atoms with Gasteiger partial charge in [-0.05, 0) is 30.3 Å². The third kappa shape index (κ3) is 3.18. The van der Waals surface area contributed by atoms with Crippen molar-refractivity contribution >= 4 is 16.9 Å². The number of carbonyl (C=O) groups excluding carboxylic acids is 1. The number of hydrogen-bond donors (Lipinski definition) is 1. The maximum atomic E-state index is 12.4. The van der Waals surface area contributed by atoms with E-state index in [4.69, 9.17) is 4.74 Å². The van der Waals surface area contributed by atoms with E-state index in [9.17, 15) is 4.79 Å². The summed E-state index contributed by atoms with van der Waals surface area (Å²) >= 11 is 0. The van der Waals surface area contributed by atoms with Crippen molar-refractivity contribution in [3.8, 4) is 11.6 Å². The van der Waals surface area contributed by atoms with Gasteiger partial charge in [0.1, 0.15) is 12.1 Å². The van der Waals surface area contributed by atoms with Crippen molar-refractivity contribution in [2.24, 2.45) is 0 Å². The monoisotopic (exact) mass is 330 g/mol. The van der Waals surface area contributed by atoms with Gasteiger partial charge in [0.15, 0.2) is 0 Å². The molecule has 0 bridgehead atoms. The van der Waals surface area contributed by atoms with Gasteiger partial charge in [-0.25, -0.2) is 14.6 Å². The Morgan fingerprint density at radius 3 is 2.52 bits per heavy atom. The number of rotatable bonds is 4. The van der Waals surface area contributed by atoms with Crippen LogP contribution in [0.2, 0.25) is 0 Å². The summed E-state index contributed by atoms with van der Waals surface area (Å²) in [5, 5.41) is 0. The second kappa shape index (κ2) is 6.45. The minimum absolute atomic E-state index is 0.276. The maximum absolute atomic E-state index is 12.4. The van der Waals surface area contributed by atoms with E-state index < -0.39 is 0 Å². The van der Waals surface area contributed by atoms with E-state index in [0.29, 0.717) is 17.2 Å². The SMILES string of the molecule is O=C(Nn1cnc2ccccc21)c1ccc(Oc2ccccc2)nc1. The number of para-hydroxylation sites is 3. The lowest BCUT2D eigenvalue weighted by Crippen LogP contribution is -2.22. The lowest BCUT2D eigenvalue weighted by Gasteiger charge is -2.08. The number of imidazole rings is 1. The van der Waals surface area contributed by atoms with Crippen molar-refractivity contribution in [2.75, 3.05) is 5.43 Å². The smallest absolute Gasteiger partial charge is 0.271 e. The van der Waals surface area contributed by atoms with Crippen LogP contribution in [0, 0.1) is 0 Å². The van der Waals surface area contributed by atoms with E-state index >= 15 is 0 Å². The molecule has 1 amide bonds. The summed E-state index contributed by atoms with van der Waals surface area (Å²) in [4.78, 5) is 20.8. The van der Waals surface area contributed by atoms with Gasteiger partial charge >= 0.3 is 0 Å². The van der Waals surface area contributed by atoms with Gasteiger partial charge in [-0.3, -0.25) is 10.2 Å². The average Bonchev–Trinajstić information content (AvgIpc) is 3.06. The summed E-state index contributed by atoms with van der Waals surface area (Å²) in [7, 11) is 0. The molecule has 0 saturated heterocycles. The predicted molar refractivity (Wildman–Crippen MR) is 94.2 cm³/mol. The standard InChI is InChI=1S/C19H14N4O2/c24-19(22-23-13-21-16-8-4-5-9-17(16)23)14-10-11-18(20-12-14)25-15-6-2-1-3-7-15/h1-13H,(H,22,24). The first-order valence-corrected chi connectivity index (χ1v) is 7.72. The van der Waals surface area contributed by atoms with E-state index in [1.54, 1.807) is 23.1 Å². The summed E-state index contributed by atoms with van der Waals surface area (Å²) in [6, 6.07) is 20.2. The largest absolute Gasteiger partial charge is 0.439 e. The lowest BCUT2D eigenvalue weighted by molar-refractivity contribution is 0.101. The zero-order chi connectivity index (χ0) is 17.1. The lowest BCUT2D eigenvalue weighted by atomic mass is 10.3. The number of ether oxygens (including phenoxy) is 1. The van der Waals surface area contributed by atoms with E-state index in [2.05, 4.69) is 15.4 Å². The molecule has 6 heteroatoms. The van der Waals surface area contributed by atoms with Gasteiger partial charge < -0.3 is 4.74 Å². The van der Waals surface area contributed by atoms with Crippen LogP contribution in [0.5, 0.6) is 11.6 Å². The second-order valence-corrected chi connectivity index (χ2v) is 5.34. The highest BCUT2D eigenvalue weighted by Gasteiger charge is 2.09. The minimum atomic E-state index is -0.276. The Hall–Kier alpha value is -3.67. The summed E-state index contributed by atoms with van der Waals surface area (Å²) in [5.41, 5.74) is 4.85. The quantitative estimate of drug-likeness (QED) is 0.620. The Balaban J connectivity index is 1.49. The fourth-order valence-corrected chi connectivity index (χ4v) is 2.41. The highest BCUT2D eigenvalue weighted by atomic mass is 16.5. The van der Waals surface area contributed by atoms with Gasteiger partial charge in [-0.2, -0.15) is 0 Å². The Morgan fingerprint density at radius 2 is 1.72 bits per heavy atom. The molecular weight excluding hydrogens is 316 g/mol. The molecule has 0 aliphatic heterocycles. The van der Waals surface area contributed by atoms with Crippen molar-refractivity contribution in [1.82, 2.24) is 14.6 Å². The van der Waals surface area contributed by atoms with Crippen LogP contribution >= 0.6 is 0 Å². The third-order valence-corrected chi connectivity index (χ3v) is 3.64. The third-order valence-electron chi connectivity index (χ3n) is 3.64. The number of nitrogens with zero attached hydrogens (tertiary/aromatic N) is 3. The predicted octanol–water partition coefficient (Wildman–Crippen LogP) is 3.61. The van der Waals surface area contributed by atoms with Gasteiger partial charge in [0.05, 0.1) is 16.6 Å². The van der Waals surface area contributed by atoms with Crippen LogP contribution in [0.1, 0.15) is 10.4 Å². The van der Waals surface area contributed by atoms with Crippen molar-refractivity contribution in [3.63, 3.8) is 0 Å². The first-order chi connectivity index (χ1) is 12.3. The number of nitrogens with one attached hydrogen (secondary N) is 1. The average molecular weight is 330 g/mol. The number of benzene rings is 2. The van der Waals surface area contributed by atoms with E-state index in [-0.39, 0.29) is 5.91 Å². The van der Waals surface area contributed by atoms with Crippen LogP contribution in [0.4, 0.5) is 0 Å². The topological polar surface area (TPSA) is 69.0 Å². The first kappa shape index (κ1) is 14.9. The summed E-state index contributed by atoms with van der Waals surface area (Å²) < 4.78 is 7.21. The Kier molecular flexibility index (Phi) is 3.84. The highest BCUT2D eigenvalue weighted by Crippen LogP contribution is 2.18. The Bertz CT molecular complexity index is 1010. The van der Waals surface area contributed by atoms with E-state index in [0.717, 1.165) is 11.0 Å². The molecule has 2 aromatic carbocycles. The van der Waals surface area contributed by atoms with Gasteiger partial charge in [-0.1, -0.05) is 30.3 Å². The highest BCUT2D eigenvalue weighted by molar-refractivity contribution is 6.00. The van der Waals surface area contributed by atoms with Crippen molar-refractivity contribution in [2.45, 2.75) is 0 Å². The fraction of sp³-hybridized carbons (Fsp3) is 0. The van der Waals surface area contributed by atoms with Crippen LogP contribution in [0.3, 0.4) is 0 Å². The molecule has 0 atom stereocenters. The normalized spacial score (nSPS) is 10.6. The number of aromatic nitrogens is 3. The fourth-order valence-electron chi connectivity index (χ4n) is 2.41. The van der Waals surface area contributed by atoms with Crippen LogP contribution < -0.4 is 10.2 Å². The first-order valence-electron chi connectivity index (χ1n) is 7.72. The molecule has 2 heterocycles. The van der Waals surface area contributed by atoms with Gasteiger partial charge in [-0.15, -0.1) is 0 Å². The molecular formula is C19H14N4O2. The number of pyridine rings is 1. The maximum Gasteiger partial charge on any atom is 0.271 e. The molecule has 122 valence electrons. The van der Waals surface area contributed by atoms with Crippen LogP contribution in [0.15, 0.2) is 79.3 Å². The summed E-state index contributed by atoms with van der Waals surface area (Å²) in [6.07, 6.45) is 3.05. The zero-order valence-corrected chi connectivity index (χ0v) is 13.2. The Labute approximate surface area is 143 Å². The summed E-state index contributed by atoms with van der Waals surface area (Å²) in [5.74, 6) is 0.842. The molecule has 0 radical (unpaired) electrons. The molecule has 0 unspecified atom stereocenters. The number of carbonyl (C=O) groups is 1. The molecule has 25 heavy (non-hydrogen) atoms. The minimum Gasteiger partial charge on any atom is -0.439 e. The summed E-state index contributed by atoms with van der Waals surface area (Å²) in [6.45, 7) is 0. The molecule has 6 nitrogen and oxygen atoms in total. The van der Waals surface area contributed by atoms with Gasteiger partial charge in [0, 0.05) is 12.3 Å². The van der Waals surface area contributed by atoms with Crippen LogP contribution in [-0.4, -0.2) is 20.6 Å². The number of amides is 1. The Morgan fingerprint density at radius 1 is 0.920 bits per heavy atom. The second-order valence-electron chi connectivity index (χ2n) is 5.34. The molecule has 0 aliphatic carbocycles. The van der Waals surface area contributed by atoms with Crippen molar-refractivity contribution < 1.29 is 9.53 Å². The molecule has 0 saturated carbocycles. The van der Waals surface area contributed by atoms with Crippen LogP contribution in [0.25, 0.3) is 11.0 Å². The molecule has 0 spiro atoms. The number of fused-ring (bicyclic) bond motifs is 1. The molecule has 1 N–H and O–H groups in total. The zero-order valence-electron chi connectivity index (χ0n) is 13.2. The van der Waals surface area contributed by atoms with Crippen molar-refractivity contribution in [1.29, 1.82) is 0 Å². The molecule has 4 rings (SSSR count). The van der Waals surface area contributed by atoms with E-state index in [1.165, 1.54) is 6.20 Å². The molecule has 0 fully saturated rings. The number of hydrogen-bond acceptors (Lipinski definition) is 4. The van der Waals surface area contributed by atoms with Gasteiger partial charge in [0.2, 0.25) is 5.88 Å². The van der Waals surface area contributed by atoms with Gasteiger partial charge in [0.25, 0.3) is 5.91 Å². The van der Waals surface area contributed by atoms with E-state index in [1.807, 2.05) is 54.6 Å². The van der Waals surface area contributed by atoms with Crippen LogP contribution in [-0.2, 0) is 0 Å². The van der Waals surface area contributed by atoms with Crippen molar-refractivity contribution in [3.05, 3.63) is 84.8 Å². The molecule has 4 aromatic rings.